The predicted octanol–water partition coefficient (Wildman–Crippen LogP) is 1.61. The van der Waals surface area contributed by atoms with Gasteiger partial charge in [0.2, 0.25) is 0 Å². The lowest BCUT2D eigenvalue weighted by Gasteiger charge is -2.05. The summed E-state index contributed by atoms with van der Waals surface area (Å²) in [4.78, 5) is 5.53. The van der Waals surface area contributed by atoms with Crippen LogP contribution in [0.15, 0.2) is 5.51 Å². The van der Waals surface area contributed by atoms with E-state index in [0.717, 1.165) is 18.7 Å². The van der Waals surface area contributed by atoms with Crippen LogP contribution >= 0.6 is 11.3 Å². The van der Waals surface area contributed by atoms with Crippen LogP contribution in [0.25, 0.3) is 0 Å². The lowest BCUT2D eigenvalue weighted by Crippen LogP contribution is -2.26. The van der Waals surface area contributed by atoms with Crippen LogP contribution in [0.2, 0.25) is 0 Å². The topological polar surface area (TPSA) is 24.9 Å². The zero-order valence-electron chi connectivity index (χ0n) is 8.00. The van der Waals surface area contributed by atoms with Crippen molar-refractivity contribution in [2.75, 3.05) is 6.54 Å². The highest BCUT2D eigenvalue weighted by Gasteiger charge is 2.01. The summed E-state index contributed by atoms with van der Waals surface area (Å²) in [5.41, 5.74) is 3.02. The number of hydrogen-bond donors (Lipinski definition) is 1. The normalized spacial score (nSPS) is 12.4. The Morgan fingerprint density at radius 2 is 2.54 bits per heavy atom. The lowest BCUT2D eigenvalue weighted by atomic mass is 10.3. The molecular formula is C10H14N2S. The van der Waals surface area contributed by atoms with E-state index in [1.807, 2.05) is 19.4 Å². The third-order valence-corrected chi connectivity index (χ3v) is 2.89. The van der Waals surface area contributed by atoms with Gasteiger partial charge in [-0.25, -0.2) is 4.98 Å². The summed E-state index contributed by atoms with van der Waals surface area (Å²) >= 11 is 1.71. The fraction of sp³-hybridized carbons (Fsp3) is 0.500. The molecular weight excluding hydrogens is 180 g/mol. The van der Waals surface area contributed by atoms with Gasteiger partial charge in [-0.2, -0.15) is 0 Å². The molecule has 0 aliphatic carbocycles. The summed E-state index contributed by atoms with van der Waals surface area (Å²) in [6.07, 6.45) is 6.26. The molecule has 0 bridgehead atoms. The molecule has 0 aliphatic rings. The number of thiazole rings is 1. The van der Waals surface area contributed by atoms with Crippen molar-refractivity contribution in [2.24, 2.45) is 0 Å². The van der Waals surface area contributed by atoms with Gasteiger partial charge in [-0.1, -0.05) is 5.92 Å². The number of aromatic nitrogens is 1. The molecule has 1 atom stereocenters. The van der Waals surface area contributed by atoms with Crippen molar-refractivity contribution in [2.45, 2.75) is 26.3 Å². The Hall–Kier alpha value is -0.850. The SMILES string of the molecule is C#CC(C)NCCc1scnc1C. The van der Waals surface area contributed by atoms with Gasteiger partial charge in [0.25, 0.3) is 0 Å². The van der Waals surface area contributed by atoms with Crippen molar-refractivity contribution in [3.63, 3.8) is 0 Å². The average molecular weight is 194 g/mol. The molecule has 3 heteroatoms. The van der Waals surface area contributed by atoms with E-state index in [0.29, 0.717) is 0 Å². The molecule has 0 fully saturated rings. The van der Waals surface area contributed by atoms with Gasteiger partial charge in [0, 0.05) is 11.4 Å². The highest BCUT2D eigenvalue weighted by Crippen LogP contribution is 2.11. The van der Waals surface area contributed by atoms with Crippen LogP contribution in [0.5, 0.6) is 0 Å². The molecule has 1 aromatic rings. The molecule has 1 N–H and O–H groups in total. The van der Waals surface area contributed by atoms with Gasteiger partial charge in [0.1, 0.15) is 0 Å². The Kier molecular flexibility index (Phi) is 3.94. The highest BCUT2D eigenvalue weighted by molar-refractivity contribution is 7.09. The Labute approximate surface area is 83.4 Å². The second-order valence-electron chi connectivity index (χ2n) is 2.95. The van der Waals surface area contributed by atoms with Gasteiger partial charge in [-0.3, -0.25) is 0 Å². The average Bonchev–Trinajstić information content (AvgIpc) is 2.52. The van der Waals surface area contributed by atoms with Gasteiger partial charge in [-0.15, -0.1) is 17.8 Å². The summed E-state index contributed by atoms with van der Waals surface area (Å²) < 4.78 is 0. The number of aryl methyl sites for hydroxylation is 1. The Bertz CT molecular complexity index is 298. The van der Waals surface area contributed by atoms with E-state index in [1.54, 1.807) is 11.3 Å². The van der Waals surface area contributed by atoms with Crippen molar-refractivity contribution < 1.29 is 0 Å². The summed E-state index contributed by atoms with van der Waals surface area (Å²) in [7, 11) is 0. The highest BCUT2D eigenvalue weighted by atomic mass is 32.1. The molecule has 1 rings (SSSR count). The fourth-order valence-corrected chi connectivity index (χ4v) is 1.81. The molecule has 0 aliphatic heterocycles. The molecule has 0 saturated heterocycles. The maximum absolute atomic E-state index is 5.24. The van der Waals surface area contributed by atoms with E-state index in [4.69, 9.17) is 6.42 Å². The minimum absolute atomic E-state index is 0.160. The zero-order valence-corrected chi connectivity index (χ0v) is 8.82. The van der Waals surface area contributed by atoms with Crippen molar-refractivity contribution >= 4 is 11.3 Å². The van der Waals surface area contributed by atoms with Crippen LogP contribution in [0.1, 0.15) is 17.5 Å². The maximum Gasteiger partial charge on any atom is 0.0797 e. The molecule has 0 spiro atoms. The number of terminal acetylenes is 1. The standard InChI is InChI=1S/C10H14N2S/c1-4-8(2)11-6-5-10-9(3)12-7-13-10/h1,7-8,11H,5-6H2,2-3H3. The minimum atomic E-state index is 0.160. The van der Waals surface area contributed by atoms with Crippen LogP contribution in [-0.2, 0) is 6.42 Å². The second-order valence-corrected chi connectivity index (χ2v) is 3.89. The molecule has 2 nitrogen and oxygen atoms in total. The first-order valence-electron chi connectivity index (χ1n) is 4.32. The number of nitrogens with one attached hydrogen (secondary N) is 1. The zero-order chi connectivity index (χ0) is 9.68. The van der Waals surface area contributed by atoms with Gasteiger partial charge in [0.15, 0.2) is 0 Å². The van der Waals surface area contributed by atoms with Crippen molar-refractivity contribution in [1.82, 2.24) is 10.3 Å². The van der Waals surface area contributed by atoms with E-state index in [9.17, 15) is 0 Å². The quantitative estimate of drug-likeness (QED) is 0.737. The number of hydrogen-bond acceptors (Lipinski definition) is 3. The third-order valence-electron chi connectivity index (χ3n) is 1.90. The van der Waals surface area contributed by atoms with Crippen LogP contribution in [0, 0.1) is 19.3 Å². The van der Waals surface area contributed by atoms with E-state index in [-0.39, 0.29) is 6.04 Å². The molecule has 70 valence electrons. The first kappa shape index (κ1) is 10.2. The summed E-state index contributed by atoms with van der Waals surface area (Å²) in [6.45, 7) is 4.95. The van der Waals surface area contributed by atoms with Crippen LogP contribution < -0.4 is 5.32 Å². The summed E-state index contributed by atoms with van der Waals surface area (Å²) in [6, 6.07) is 0.160. The molecule has 13 heavy (non-hydrogen) atoms. The minimum Gasteiger partial charge on any atom is -0.304 e. The maximum atomic E-state index is 5.24. The lowest BCUT2D eigenvalue weighted by molar-refractivity contribution is 0.647. The molecule has 0 amide bonds. The third kappa shape index (κ3) is 3.17. The van der Waals surface area contributed by atoms with Crippen molar-refractivity contribution in [3.05, 3.63) is 16.1 Å². The summed E-state index contributed by atoms with van der Waals surface area (Å²) in [5.74, 6) is 2.64. The fourth-order valence-electron chi connectivity index (χ4n) is 1.03. The monoisotopic (exact) mass is 194 g/mol. The smallest absolute Gasteiger partial charge is 0.0797 e. The van der Waals surface area contributed by atoms with E-state index < -0.39 is 0 Å². The van der Waals surface area contributed by atoms with Crippen LogP contribution in [0.4, 0.5) is 0 Å². The molecule has 0 saturated carbocycles. The van der Waals surface area contributed by atoms with Gasteiger partial charge >= 0.3 is 0 Å². The predicted molar refractivity (Wildman–Crippen MR) is 56.9 cm³/mol. The molecule has 1 heterocycles. The van der Waals surface area contributed by atoms with E-state index in [2.05, 4.69) is 16.2 Å². The first-order chi connectivity index (χ1) is 6.24. The molecule has 1 unspecified atom stereocenters. The van der Waals surface area contributed by atoms with Crippen LogP contribution in [-0.4, -0.2) is 17.6 Å². The molecule has 0 radical (unpaired) electrons. The summed E-state index contributed by atoms with van der Waals surface area (Å²) in [5, 5.41) is 3.24. The van der Waals surface area contributed by atoms with Crippen molar-refractivity contribution in [1.29, 1.82) is 0 Å². The Balaban J connectivity index is 2.29. The van der Waals surface area contributed by atoms with Crippen molar-refractivity contribution in [3.8, 4) is 12.3 Å². The Morgan fingerprint density at radius 3 is 3.08 bits per heavy atom. The second kappa shape index (κ2) is 5.00. The van der Waals surface area contributed by atoms with Crippen LogP contribution in [0.3, 0.4) is 0 Å². The molecule has 1 aromatic heterocycles. The van der Waals surface area contributed by atoms with E-state index >= 15 is 0 Å². The molecule has 0 aromatic carbocycles. The number of nitrogens with zero attached hydrogens (tertiary/aromatic N) is 1. The van der Waals surface area contributed by atoms with Gasteiger partial charge in [-0.05, 0) is 20.3 Å². The largest absolute Gasteiger partial charge is 0.304 e. The van der Waals surface area contributed by atoms with E-state index in [1.165, 1.54) is 4.88 Å². The van der Waals surface area contributed by atoms with Gasteiger partial charge in [0.05, 0.1) is 17.2 Å². The Morgan fingerprint density at radius 1 is 1.77 bits per heavy atom. The first-order valence-corrected chi connectivity index (χ1v) is 5.20. The number of rotatable bonds is 4. The van der Waals surface area contributed by atoms with Gasteiger partial charge < -0.3 is 5.32 Å².